The second-order valence-electron chi connectivity index (χ2n) is 3.48. The van der Waals surface area contributed by atoms with Gasteiger partial charge in [0.25, 0.3) is 0 Å². The fourth-order valence-corrected chi connectivity index (χ4v) is 1.66. The van der Waals surface area contributed by atoms with Crippen LogP contribution in [-0.2, 0) is 4.79 Å². The second kappa shape index (κ2) is 4.37. The van der Waals surface area contributed by atoms with Gasteiger partial charge in [-0.15, -0.1) is 0 Å². The summed E-state index contributed by atoms with van der Waals surface area (Å²) < 4.78 is 4.08. The lowest BCUT2D eigenvalue weighted by atomic mass is 10.1. The van der Waals surface area contributed by atoms with Gasteiger partial charge in [0.2, 0.25) is 5.91 Å². The Morgan fingerprint density at radius 2 is 2.38 bits per heavy atom. The first-order chi connectivity index (χ1) is 6.08. The zero-order valence-corrected chi connectivity index (χ0v) is 8.94. The highest BCUT2D eigenvalue weighted by Crippen LogP contribution is 2.16. The Kier molecular flexibility index (Phi) is 3.42. The van der Waals surface area contributed by atoms with E-state index in [-0.39, 0.29) is 5.91 Å². The molecular formula is C9H14N2OS. The highest BCUT2D eigenvalue weighted by molar-refractivity contribution is 7.10. The average molecular weight is 198 g/mol. The van der Waals surface area contributed by atoms with Gasteiger partial charge in [0.1, 0.15) is 5.00 Å². The molecule has 0 radical (unpaired) electrons. The first-order valence-electron chi connectivity index (χ1n) is 4.31. The summed E-state index contributed by atoms with van der Waals surface area (Å²) >= 11 is 1.32. The third kappa shape index (κ3) is 3.55. The molecule has 1 aromatic heterocycles. The first kappa shape index (κ1) is 10.2. The maximum Gasteiger partial charge on any atom is 0.225 e. The van der Waals surface area contributed by atoms with Crippen LogP contribution in [0.15, 0.2) is 6.07 Å². The third-order valence-corrected chi connectivity index (χ3v) is 2.28. The van der Waals surface area contributed by atoms with Crippen molar-refractivity contribution in [2.45, 2.75) is 27.2 Å². The molecule has 0 bridgehead atoms. The van der Waals surface area contributed by atoms with Crippen LogP contribution in [0.3, 0.4) is 0 Å². The Morgan fingerprint density at radius 3 is 2.85 bits per heavy atom. The summed E-state index contributed by atoms with van der Waals surface area (Å²) in [5, 5.41) is 3.65. The van der Waals surface area contributed by atoms with Crippen LogP contribution in [0.1, 0.15) is 26.0 Å². The second-order valence-corrected chi connectivity index (χ2v) is 4.28. The number of nitrogens with one attached hydrogen (secondary N) is 1. The van der Waals surface area contributed by atoms with Crippen molar-refractivity contribution in [3.63, 3.8) is 0 Å². The molecule has 0 aromatic carbocycles. The molecule has 0 aliphatic carbocycles. The van der Waals surface area contributed by atoms with Crippen LogP contribution in [0, 0.1) is 12.8 Å². The van der Waals surface area contributed by atoms with Crippen molar-refractivity contribution in [3.8, 4) is 0 Å². The Bertz CT molecular complexity index is 294. The van der Waals surface area contributed by atoms with E-state index in [2.05, 4.69) is 9.69 Å². The Morgan fingerprint density at radius 1 is 1.69 bits per heavy atom. The summed E-state index contributed by atoms with van der Waals surface area (Å²) in [6.07, 6.45) is 0.566. The molecule has 0 saturated carbocycles. The van der Waals surface area contributed by atoms with Gasteiger partial charge in [0.15, 0.2) is 0 Å². The molecule has 1 rings (SSSR count). The molecule has 0 unspecified atom stereocenters. The van der Waals surface area contributed by atoms with Crippen molar-refractivity contribution in [1.82, 2.24) is 4.37 Å². The van der Waals surface area contributed by atoms with E-state index in [4.69, 9.17) is 0 Å². The highest BCUT2D eigenvalue weighted by atomic mass is 32.1. The minimum Gasteiger partial charge on any atom is -0.316 e. The molecule has 72 valence electrons. The highest BCUT2D eigenvalue weighted by Gasteiger charge is 2.06. The lowest BCUT2D eigenvalue weighted by Gasteiger charge is -2.03. The molecule has 3 nitrogen and oxygen atoms in total. The summed E-state index contributed by atoms with van der Waals surface area (Å²) in [6, 6.07) is 1.88. The number of anilines is 1. The van der Waals surface area contributed by atoms with E-state index in [1.54, 1.807) is 0 Å². The van der Waals surface area contributed by atoms with E-state index in [1.165, 1.54) is 11.5 Å². The van der Waals surface area contributed by atoms with Crippen LogP contribution in [-0.4, -0.2) is 10.3 Å². The van der Waals surface area contributed by atoms with Gasteiger partial charge in [0.05, 0.1) is 5.69 Å². The third-order valence-electron chi connectivity index (χ3n) is 1.48. The predicted molar refractivity (Wildman–Crippen MR) is 54.9 cm³/mol. The monoisotopic (exact) mass is 198 g/mol. The molecule has 13 heavy (non-hydrogen) atoms. The minimum absolute atomic E-state index is 0.0682. The van der Waals surface area contributed by atoms with Gasteiger partial charge in [-0.2, -0.15) is 4.37 Å². The normalized spacial score (nSPS) is 10.5. The number of hydrogen-bond acceptors (Lipinski definition) is 3. The summed E-state index contributed by atoms with van der Waals surface area (Å²) in [5.74, 6) is 0.465. The quantitative estimate of drug-likeness (QED) is 0.810. The van der Waals surface area contributed by atoms with Gasteiger partial charge in [-0.05, 0) is 30.4 Å². The number of hydrogen-bond donors (Lipinski definition) is 1. The van der Waals surface area contributed by atoms with E-state index in [9.17, 15) is 4.79 Å². The smallest absolute Gasteiger partial charge is 0.225 e. The van der Waals surface area contributed by atoms with Crippen LogP contribution in [0.25, 0.3) is 0 Å². The van der Waals surface area contributed by atoms with Crippen LogP contribution >= 0.6 is 11.5 Å². The fourth-order valence-electron chi connectivity index (χ4n) is 0.982. The van der Waals surface area contributed by atoms with Crippen molar-refractivity contribution >= 4 is 22.4 Å². The lowest BCUT2D eigenvalue weighted by Crippen LogP contribution is -2.12. The number of nitrogens with zero attached hydrogens (tertiary/aromatic N) is 1. The molecule has 1 N–H and O–H groups in total. The molecular weight excluding hydrogens is 184 g/mol. The fraction of sp³-hybridized carbons (Fsp3) is 0.556. The van der Waals surface area contributed by atoms with Gasteiger partial charge in [-0.3, -0.25) is 4.79 Å². The van der Waals surface area contributed by atoms with Crippen molar-refractivity contribution in [2.75, 3.05) is 5.32 Å². The number of carbonyl (C=O) groups excluding carboxylic acids is 1. The molecule has 0 fully saturated rings. The van der Waals surface area contributed by atoms with Gasteiger partial charge >= 0.3 is 0 Å². The van der Waals surface area contributed by atoms with Gasteiger partial charge in [-0.1, -0.05) is 13.8 Å². The number of aromatic nitrogens is 1. The van der Waals surface area contributed by atoms with Crippen molar-refractivity contribution in [3.05, 3.63) is 11.8 Å². The van der Waals surface area contributed by atoms with Crippen molar-refractivity contribution in [2.24, 2.45) is 5.92 Å². The molecule has 4 heteroatoms. The lowest BCUT2D eigenvalue weighted by molar-refractivity contribution is -0.116. The summed E-state index contributed by atoms with van der Waals surface area (Å²) in [5.41, 5.74) is 0.949. The van der Waals surface area contributed by atoms with Crippen LogP contribution in [0.4, 0.5) is 5.00 Å². The molecule has 0 aliphatic heterocycles. The summed E-state index contributed by atoms with van der Waals surface area (Å²) in [4.78, 5) is 11.3. The predicted octanol–water partition coefficient (Wildman–Crippen LogP) is 2.44. The van der Waals surface area contributed by atoms with Crippen molar-refractivity contribution < 1.29 is 4.79 Å². The number of amides is 1. The van der Waals surface area contributed by atoms with E-state index in [0.717, 1.165) is 10.7 Å². The van der Waals surface area contributed by atoms with Crippen molar-refractivity contribution in [1.29, 1.82) is 0 Å². The SMILES string of the molecule is Cc1cc(NC(=O)CC(C)C)sn1. The molecule has 0 aliphatic rings. The molecule has 0 atom stereocenters. The van der Waals surface area contributed by atoms with Gasteiger partial charge < -0.3 is 5.32 Å². The summed E-state index contributed by atoms with van der Waals surface area (Å²) in [6.45, 7) is 5.96. The zero-order valence-electron chi connectivity index (χ0n) is 8.13. The molecule has 0 spiro atoms. The number of aryl methyl sites for hydroxylation is 1. The van der Waals surface area contributed by atoms with E-state index in [0.29, 0.717) is 12.3 Å². The van der Waals surface area contributed by atoms with Gasteiger partial charge in [-0.25, -0.2) is 0 Å². The van der Waals surface area contributed by atoms with Crippen LogP contribution in [0.2, 0.25) is 0 Å². The zero-order chi connectivity index (χ0) is 9.84. The number of carbonyl (C=O) groups is 1. The summed E-state index contributed by atoms with van der Waals surface area (Å²) in [7, 11) is 0. The Hall–Kier alpha value is -0.900. The molecule has 1 aromatic rings. The van der Waals surface area contributed by atoms with E-state index < -0.39 is 0 Å². The Labute approximate surface area is 82.3 Å². The van der Waals surface area contributed by atoms with E-state index >= 15 is 0 Å². The van der Waals surface area contributed by atoms with E-state index in [1.807, 2.05) is 26.8 Å². The maximum absolute atomic E-state index is 11.3. The maximum atomic E-state index is 11.3. The topological polar surface area (TPSA) is 42.0 Å². The van der Waals surface area contributed by atoms with Crippen LogP contribution < -0.4 is 5.32 Å². The van der Waals surface area contributed by atoms with Gasteiger partial charge in [0, 0.05) is 6.42 Å². The molecule has 1 heterocycles. The largest absolute Gasteiger partial charge is 0.316 e. The Balaban J connectivity index is 2.45. The minimum atomic E-state index is 0.0682. The average Bonchev–Trinajstić information content (AvgIpc) is 2.33. The number of rotatable bonds is 3. The standard InChI is InChI=1S/C9H14N2OS/c1-6(2)4-8(12)10-9-5-7(3)11-13-9/h5-6H,4H2,1-3H3,(H,10,12). The first-order valence-corrected chi connectivity index (χ1v) is 5.08. The van der Waals surface area contributed by atoms with Crippen LogP contribution in [0.5, 0.6) is 0 Å². The molecule has 0 saturated heterocycles. The molecule has 1 amide bonds.